The van der Waals surface area contributed by atoms with Crippen molar-refractivity contribution < 1.29 is 14.3 Å². The first-order valence-electron chi connectivity index (χ1n) is 10.9. The summed E-state index contributed by atoms with van der Waals surface area (Å²) in [6.45, 7) is 11.1. The Balaban J connectivity index is 2.27. The highest BCUT2D eigenvalue weighted by molar-refractivity contribution is 6.32. The minimum atomic E-state index is -0.284. The van der Waals surface area contributed by atoms with Crippen LogP contribution in [0.5, 0.6) is 0 Å². The molecule has 0 atom stereocenters. The van der Waals surface area contributed by atoms with Crippen molar-refractivity contribution in [2.75, 3.05) is 32.1 Å². The van der Waals surface area contributed by atoms with Crippen molar-refractivity contribution in [2.24, 2.45) is 5.92 Å². The molecule has 7 nitrogen and oxygen atoms in total. The Morgan fingerprint density at radius 2 is 1.94 bits per heavy atom. The summed E-state index contributed by atoms with van der Waals surface area (Å²) in [5.74, 6) is 0.405. The maximum absolute atomic E-state index is 13.0. The normalized spacial score (nSPS) is 11.6. The Morgan fingerprint density at radius 1 is 1.25 bits per heavy atom. The molecule has 1 N–H and O–H groups in total. The molecular weight excluding hydrogens is 428 g/mol. The van der Waals surface area contributed by atoms with E-state index in [1.165, 1.54) is 0 Å². The highest BCUT2D eigenvalue weighted by Gasteiger charge is 2.24. The summed E-state index contributed by atoms with van der Waals surface area (Å²) in [7, 11) is 1.62. The number of rotatable bonds is 10. The zero-order chi connectivity index (χ0) is 23.9. The van der Waals surface area contributed by atoms with Crippen LogP contribution in [0, 0.1) is 5.92 Å². The Kier molecular flexibility index (Phi) is 9.28. The lowest BCUT2D eigenvalue weighted by atomic mass is 9.92. The highest BCUT2D eigenvalue weighted by Crippen LogP contribution is 2.29. The molecule has 0 aliphatic carbocycles. The molecule has 0 saturated heterocycles. The lowest BCUT2D eigenvalue weighted by Crippen LogP contribution is -2.39. The van der Waals surface area contributed by atoms with E-state index in [9.17, 15) is 9.59 Å². The van der Waals surface area contributed by atoms with Crippen molar-refractivity contribution in [3.63, 3.8) is 0 Å². The number of halogens is 1. The molecule has 0 saturated carbocycles. The molecule has 0 fully saturated rings. The number of benzene rings is 1. The summed E-state index contributed by atoms with van der Waals surface area (Å²) < 4.78 is 6.75. The van der Waals surface area contributed by atoms with Crippen molar-refractivity contribution in [2.45, 2.75) is 52.9 Å². The molecule has 176 valence electrons. The monoisotopic (exact) mass is 462 g/mol. The van der Waals surface area contributed by atoms with E-state index >= 15 is 0 Å². The zero-order valence-electron chi connectivity index (χ0n) is 19.9. The molecule has 0 bridgehead atoms. The molecule has 0 unspecified atom stereocenters. The standard InChI is InChI=1S/C24H35ClN4O3/c1-17(2)14-23(31)28(12-9-13-32-6)16-22(30)26-21-15-20(24(3,4)5)27-29(21)19-11-8-7-10-18(19)25/h7-8,10-11,15,17H,9,12-14,16H2,1-6H3,(H,26,30). The summed E-state index contributed by atoms with van der Waals surface area (Å²) in [5.41, 5.74) is 1.28. The maximum Gasteiger partial charge on any atom is 0.245 e. The second-order valence-electron chi connectivity index (χ2n) is 9.34. The van der Waals surface area contributed by atoms with Crippen LogP contribution in [0.3, 0.4) is 0 Å². The minimum Gasteiger partial charge on any atom is -0.385 e. The number of ether oxygens (including phenoxy) is 1. The van der Waals surface area contributed by atoms with E-state index in [-0.39, 0.29) is 29.7 Å². The summed E-state index contributed by atoms with van der Waals surface area (Å²) >= 11 is 6.40. The van der Waals surface area contributed by atoms with Gasteiger partial charge in [-0.3, -0.25) is 9.59 Å². The van der Waals surface area contributed by atoms with Crippen LogP contribution in [0.15, 0.2) is 30.3 Å². The first-order valence-corrected chi connectivity index (χ1v) is 11.3. The molecule has 0 spiro atoms. The first kappa shape index (κ1) is 25.9. The molecule has 1 heterocycles. The van der Waals surface area contributed by atoms with Gasteiger partial charge in [0.05, 0.1) is 22.9 Å². The molecule has 32 heavy (non-hydrogen) atoms. The third kappa shape index (κ3) is 7.35. The number of carbonyl (C=O) groups excluding carboxylic acids is 2. The van der Waals surface area contributed by atoms with Gasteiger partial charge in [-0.05, 0) is 24.5 Å². The van der Waals surface area contributed by atoms with Crippen LogP contribution in [-0.4, -0.2) is 53.3 Å². The van der Waals surface area contributed by atoms with Crippen LogP contribution in [-0.2, 0) is 19.7 Å². The van der Waals surface area contributed by atoms with Gasteiger partial charge in [0, 0.05) is 38.2 Å². The van der Waals surface area contributed by atoms with Crippen molar-refractivity contribution in [1.82, 2.24) is 14.7 Å². The molecule has 1 aromatic heterocycles. The average Bonchev–Trinajstić information content (AvgIpc) is 3.11. The highest BCUT2D eigenvalue weighted by atomic mass is 35.5. The zero-order valence-corrected chi connectivity index (χ0v) is 20.7. The molecule has 1 aromatic carbocycles. The van der Waals surface area contributed by atoms with Gasteiger partial charge in [-0.1, -0.05) is 58.4 Å². The summed E-state index contributed by atoms with van der Waals surface area (Å²) in [5, 5.41) is 8.16. The molecule has 0 radical (unpaired) electrons. The van der Waals surface area contributed by atoms with Crippen LogP contribution >= 0.6 is 11.6 Å². The van der Waals surface area contributed by atoms with E-state index in [1.54, 1.807) is 22.8 Å². The van der Waals surface area contributed by atoms with Crippen molar-refractivity contribution in [3.05, 3.63) is 41.0 Å². The van der Waals surface area contributed by atoms with Gasteiger partial charge in [0.25, 0.3) is 0 Å². The van der Waals surface area contributed by atoms with E-state index < -0.39 is 0 Å². The number of carbonyl (C=O) groups is 2. The Labute approximate surface area is 196 Å². The number of hydrogen-bond donors (Lipinski definition) is 1. The van der Waals surface area contributed by atoms with Gasteiger partial charge in [0.15, 0.2) is 0 Å². The number of aromatic nitrogens is 2. The van der Waals surface area contributed by atoms with E-state index in [1.807, 2.05) is 38.1 Å². The van der Waals surface area contributed by atoms with Crippen molar-refractivity contribution >= 4 is 29.2 Å². The second kappa shape index (κ2) is 11.5. The summed E-state index contributed by atoms with van der Waals surface area (Å²) in [4.78, 5) is 27.2. The SMILES string of the molecule is COCCCN(CC(=O)Nc1cc(C(C)(C)C)nn1-c1ccccc1Cl)C(=O)CC(C)C. The topological polar surface area (TPSA) is 76.5 Å². The van der Waals surface area contributed by atoms with Gasteiger partial charge in [-0.15, -0.1) is 0 Å². The number of hydrogen-bond acceptors (Lipinski definition) is 4. The lowest BCUT2D eigenvalue weighted by molar-refractivity contribution is -0.135. The van der Waals surface area contributed by atoms with Crippen molar-refractivity contribution in [1.29, 1.82) is 0 Å². The minimum absolute atomic E-state index is 0.0339. The lowest BCUT2D eigenvalue weighted by Gasteiger charge is -2.23. The Bertz CT molecular complexity index is 918. The number of nitrogens with zero attached hydrogens (tertiary/aromatic N) is 3. The molecule has 2 rings (SSSR count). The fourth-order valence-corrected chi connectivity index (χ4v) is 3.39. The van der Waals surface area contributed by atoms with Gasteiger partial charge in [-0.2, -0.15) is 5.10 Å². The van der Waals surface area contributed by atoms with Crippen LogP contribution in [0.25, 0.3) is 5.69 Å². The fraction of sp³-hybridized carbons (Fsp3) is 0.542. The second-order valence-corrected chi connectivity index (χ2v) is 9.74. The number of amides is 2. The Hall–Kier alpha value is -2.38. The predicted octanol–water partition coefficient (Wildman–Crippen LogP) is 4.67. The summed E-state index contributed by atoms with van der Waals surface area (Å²) in [6.07, 6.45) is 1.06. The number of para-hydroxylation sites is 1. The van der Waals surface area contributed by atoms with E-state index in [4.69, 9.17) is 21.4 Å². The molecule has 8 heteroatoms. The van der Waals surface area contributed by atoms with Crippen LogP contribution in [0.2, 0.25) is 5.02 Å². The van der Waals surface area contributed by atoms with Gasteiger partial charge in [0.2, 0.25) is 11.8 Å². The van der Waals surface area contributed by atoms with E-state index in [0.717, 1.165) is 5.69 Å². The van der Waals surface area contributed by atoms with Crippen molar-refractivity contribution in [3.8, 4) is 5.69 Å². The largest absolute Gasteiger partial charge is 0.385 e. The Morgan fingerprint density at radius 3 is 2.53 bits per heavy atom. The molecule has 2 amide bonds. The maximum atomic E-state index is 13.0. The molecule has 0 aliphatic rings. The van der Waals surface area contributed by atoms with Gasteiger partial charge >= 0.3 is 0 Å². The molecule has 2 aromatic rings. The number of anilines is 1. The number of nitrogens with one attached hydrogen (secondary N) is 1. The third-order valence-electron chi connectivity index (χ3n) is 4.87. The third-order valence-corrected chi connectivity index (χ3v) is 5.19. The molecule has 0 aliphatic heterocycles. The van der Waals surface area contributed by atoms with Gasteiger partial charge < -0.3 is 15.0 Å². The van der Waals surface area contributed by atoms with Crippen LogP contribution in [0.1, 0.15) is 53.2 Å². The first-order chi connectivity index (χ1) is 15.0. The van der Waals surface area contributed by atoms with E-state index in [2.05, 4.69) is 26.1 Å². The average molecular weight is 463 g/mol. The molecular formula is C24H35ClN4O3. The quantitative estimate of drug-likeness (QED) is 0.520. The smallest absolute Gasteiger partial charge is 0.245 e. The van der Waals surface area contributed by atoms with Gasteiger partial charge in [0.1, 0.15) is 5.82 Å². The number of methoxy groups -OCH3 is 1. The van der Waals surface area contributed by atoms with Crippen LogP contribution in [0.4, 0.5) is 5.82 Å². The van der Waals surface area contributed by atoms with Crippen LogP contribution < -0.4 is 5.32 Å². The summed E-state index contributed by atoms with van der Waals surface area (Å²) in [6, 6.07) is 9.19. The van der Waals surface area contributed by atoms with Gasteiger partial charge in [-0.25, -0.2) is 4.68 Å². The predicted molar refractivity (Wildman–Crippen MR) is 128 cm³/mol. The van der Waals surface area contributed by atoms with E-state index in [0.29, 0.717) is 42.5 Å². The fourth-order valence-electron chi connectivity index (χ4n) is 3.17.